The van der Waals surface area contributed by atoms with Crippen molar-refractivity contribution in [1.82, 2.24) is 9.78 Å². The Balaban J connectivity index is 1.50. The van der Waals surface area contributed by atoms with E-state index in [2.05, 4.69) is 31.7 Å². The normalized spacial score (nSPS) is 19.2. The van der Waals surface area contributed by atoms with Gasteiger partial charge in [0.2, 0.25) is 0 Å². The van der Waals surface area contributed by atoms with Gasteiger partial charge in [-0.25, -0.2) is 9.48 Å². The van der Waals surface area contributed by atoms with Crippen molar-refractivity contribution in [2.24, 2.45) is 0 Å². The van der Waals surface area contributed by atoms with Crippen LogP contribution >= 0.6 is 27.3 Å². The zero-order valence-electron chi connectivity index (χ0n) is 19.1. The summed E-state index contributed by atoms with van der Waals surface area (Å²) in [5, 5.41) is 10.1. The van der Waals surface area contributed by atoms with Crippen LogP contribution in [-0.2, 0) is 17.6 Å². The second-order valence-electron chi connectivity index (χ2n) is 8.55. The topological polar surface area (TPSA) is 98.4 Å². The van der Waals surface area contributed by atoms with Gasteiger partial charge in [-0.15, -0.1) is 11.3 Å². The Labute approximate surface area is 216 Å². The Morgan fingerprint density at radius 1 is 1.36 bits per heavy atom. The van der Waals surface area contributed by atoms with E-state index in [1.54, 1.807) is 19.1 Å². The van der Waals surface area contributed by atoms with Gasteiger partial charge in [0.05, 0.1) is 28.9 Å². The van der Waals surface area contributed by atoms with Crippen molar-refractivity contribution in [3.05, 3.63) is 50.3 Å². The van der Waals surface area contributed by atoms with Crippen molar-refractivity contribution < 1.29 is 31.9 Å². The minimum atomic E-state index is -4.61. The van der Waals surface area contributed by atoms with Crippen molar-refractivity contribution in [2.75, 3.05) is 17.2 Å². The van der Waals surface area contributed by atoms with Gasteiger partial charge < -0.3 is 19.8 Å². The van der Waals surface area contributed by atoms with Crippen LogP contribution in [0.3, 0.4) is 0 Å². The maximum Gasteiger partial charge on any atom is 0.410 e. The monoisotopic (exact) mass is 586 g/mol. The molecule has 0 saturated heterocycles. The summed E-state index contributed by atoms with van der Waals surface area (Å²) >= 11 is 4.57. The van der Waals surface area contributed by atoms with Crippen molar-refractivity contribution in [3.63, 3.8) is 0 Å². The largest absolute Gasteiger partial charge is 0.467 e. The quantitative estimate of drug-likeness (QED) is 0.342. The minimum Gasteiger partial charge on any atom is -0.467 e. The number of alkyl halides is 3. The molecular weight excluding hydrogens is 565 g/mol. The average molecular weight is 587 g/mol. The first-order valence-corrected chi connectivity index (χ1v) is 13.1. The van der Waals surface area contributed by atoms with E-state index in [9.17, 15) is 22.8 Å². The van der Waals surface area contributed by atoms with Crippen molar-refractivity contribution in [3.8, 4) is 0 Å². The summed E-state index contributed by atoms with van der Waals surface area (Å²) in [6.45, 7) is 1.87. The number of rotatable bonds is 5. The van der Waals surface area contributed by atoms with Crippen molar-refractivity contribution >= 4 is 50.0 Å². The predicted octanol–water partition coefficient (Wildman–Crippen LogP) is 6.27. The fourth-order valence-electron chi connectivity index (χ4n) is 4.65. The highest BCUT2D eigenvalue weighted by Gasteiger charge is 2.48. The van der Waals surface area contributed by atoms with Gasteiger partial charge in [-0.2, -0.15) is 18.3 Å². The summed E-state index contributed by atoms with van der Waals surface area (Å²) < 4.78 is 53.4. The van der Waals surface area contributed by atoms with Crippen LogP contribution in [0.15, 0.2) is 27.3 Å². The van der Waals surface area contributed by atoms with E-state index < -0.39 is 30.1 Å². The van der Waals surface area contributed by atoms with E-state index in [-0.39, 0.29) is 29.0 Å². The third-order valence-electron chi connectivity index (χ3n) is 6.28. The standard InChI is InChI=1S/C23H22BrF3N4O4S/c1-2-34-22(33)16-11-6-3-4-8-14(11)36-21(16)29-20(32)18-17(24)19-28-12(13-7-5-9-35-13)10-15(23(25,26)27)31(19)30-18/h5,7,9,12,15,28H,2-4,6,8,10H2,1H3,(H,29,32)/t12-,15+/m1/s1. The molecule has 4 heterocycles. The number of fused-ring (bicyclic) bond motifs is 2. The maximum absolute atomic E-state index is 14.0. The first-order chi connectivity index (χ1) is 17.2. The van der Waals surface area contributed by atoms with Crippen molar-refractivity contribution in [1.29, 1.82) is 0 Å². The van der Waals surface area contributed by atoms with Gasteiger partial charge in [-0.1, -0.05) is 0 Å². The third-order valence-corrected chi connectivity index (χ3v) is 8.23. The van der Waals surface area contributed by atoms with E-state index in [0.29, 0.717) is 22.7 Å². The molecule has 36 heavy (non-hydrogen) atoms. The molecule has 13 heteroatoms. The lowest BCUT2D eigenvalue weighted by atomic mass is 9.95. The molecular formula is C23H22BrF3N4O4S. The summed E-state index contributed by atoms with van der Waals surface area (Å²) in [5.41, 5.74) is 0.950. The summed E-state index contributed by atoms with van der Waals surface area (Å²) in [4.78, 5) is 27.0. The van der Waals surface area contributed by atoms with Gasteiger partial charge in [-0.3, -0.25) is 4.79 Å². The number of aryl methyl sites for hydroxylation is 1. The van der Waals surface area contributed by atoms with Crippen LogP contribution < -0.4 is 10.6 Å². The molecule has 192 valence electrons. The summed E-state index contributed by atoms with van der Waals surface area (Å²) in [7, 11) is 0. The maximum atomic E-state index is 14.0. The molecule has 2 atom stereocenters. The highest BCUT2D eigenvalue weighted by atomic mass is 79.9. The smallest absolute Gasteiger partial charge is 0.410 e. The molecule has 2 aliphatic rings. The number of carbonyl (C=O) groups excluding carboxylic acids is 2. The number of hydrogen-bond acceptors (Lipinski definition) is 7. The highest BCUT2D eigenvalue weighted by Crippen LogP contribution is 2.46. The second-order valence-corrected chi connectivity index (χ2v) is 10.4. The predicted molar refractivity (Wildman–Crippen MR) is 130 cm³/mol. The average Bonchev–Trinajstić information content (AvgIpc) is 3.55. The summed E-state index contributed by atoms with van der Waals surface area (Å²) in [6, 6.07) is 0.461. The zero-order chi connectivity index (χ0) is 25.6. The summed E-state index contributed by atoms with van der Waals surface area (Å²) in [6.07, 6.45) is -0.191. The van der Waals surface area contributed by atoms with Crippen LogP contribution in [0.1, 0.15) is 75.3 Å². The zero-order valence-corrected chi connectivity index (χ0v) is 21.5. The number of aromatic nitrogens is 2. The van der Waals surface area contributed by atoms with E-state index >= 15 is 0 Å². The van der Waals surface area contributed by atoms with Gasteiger partial charge >= 0.3 is 12.1 Å². The van der Waals surface area contributed by atoms with Crippen molar-refractivity contribution in [2.45, 2.75) is 57.3 Å². The van der Waals surface area contributed by atoms with Gasteiger partial charge in [-0.05, 0) is 66.2 Å². The molecule has 0 aromatic carbocycles. The lowest BCUT2D eigenvalue weighted by Gasteiger charge is -2.32. The minimum absolute atomic E-state index is 0.0196. The summed E-state index contributed by atoms with van der Waals surface area (Å²) in [5.74, 6) is -0.898. The third kappa shape index (κ3) is 4.42. The Kier molecular flexibility index (Phi) is 6.62. The van der Waals surface area contributed by atoms with Crippen LogP contribution in [0.4, 0.5) is 24.0 Å². The molecule has 2 N–H and O–H groups in total. The molecule has 0 unspecified atom stereocenters. The molecule has 1 amide bonds. The number of esters is 1. The number of nitrogens with zero attached hydrogens (tertiary/aromatic N) is 2. The SMILES string of the molecule is CCOC(=O)c1c(NC(=O)c2nn3c(c2Br)N[C@@H](c2ccco2)C[C@H]3C(F)(F)F)sc2c1CCCC2. The number of hydrogen-bond donors (Lipinski definition) is 2. The van der Waals surface area contributed by atoms with Gasteiger partial charge in [0.25, 0.3) is 5.91 Å². The number of furan rings is 1. The molecule has 8 nitrogen and oxygen atoms in total. The number of amides is 1. The Bertz CT molecular complexity index is 1300. The fraction of sp³-hybridized carbons (Fsp3) is 0.435. The first-order valence-electron chi connectivity index (χ1n) is 11.5. The second kappa shape index (κ2) is 9.58. The highest BCUT2D eigenvalue weighted by molar-refractivity contribution is 9.10. The molecule has 1 aliphatic carbocycles. The van der Waals surface area contributed by atoms with Crippen LogP contribution in [0.2, 0.25) is 0 Å². The molecule has 5 rings (SSSR count). The number of nitrogens with one attached hydrogen (secondary N) is 2. The molecule has 0 radical (unpaired) electrons. The van der Waals surface area contributed by atoms with E-state index in [4.69, 9.17) is 9.15 Å². The van der Waals surface area contributed by atoms with E-state index in [1.165, 1.54) is 17.6 Å². The molecule has 0 fully saturated rings. The van der Waals surface area contributed by atoms with Gasteiger partial charge in [0, 0.05) is 11.3 Å². The van der Waals surface area contributed by atoms with Crippen LogP contribution in [0.5, 0.6) is 0 Å². The Morgan fingerprint density at radius 3 is 2.83 bits per heavy atom. The molecule has 0 bridgehead atoms. The van der Waals surface area contributed by atoms with E-state index in [0.717, 1.165) is 34.4 Å². The lowest BCUT2D eigenvalue weighted by molar-refractivity contribution is -0.174. The van der Waals surface area contributed by atoms with E-state index in [1.807, 2.05) is 0 Å². The first kappa shape index (κ1) is 24.9. The van der Waals surface area contributed by atoms with Crippen LogP contribution in [0, 0.1) is 0 Å². The molecule has 1 aliphatic heterocycles. The van der Waals surface area contributed by atoms with Crippen LogP contribution in [-0.4, -0.2) is 34.4 Å². The molecule has 0 saturated carbocycles. The number of carbonyl (C=O) groups is 2. The van der Waals surface area contributed by atoms with Gasteiger partial charge in [0.1, 0.15) is 16.6 Å². The molecule has 0 spiro atoms. The fourth-order valence-corrected chi connectivity index (χ4v) is 6.47. The number of thiophene rings is 1. The number of ether oxygens (including phenoxy) is 1. The lowest BCUT2D eigenvalue weighted by Crippen LogP contribution is -2.35. The van der Waals surface area contributed by atoms with Crippen LogP contribution in [0.25, 0.3) is 0 Å². The molecule has 3 aromatic heterocycles. The Morgan fingerprint density at radius 2 is 2.14 bits per heavy atom. The molecule has 3 aromatic rings. The number of halogens is 4. The van der Waals surface area contributed by atoms with Gasteiger partial charge in [0.15, 0.2) is 11.7 Å². The number of anilines is 2. The Hall–Kier alpha value is -2.80.